The lowest BCUT2D eigenvalue weighted by atomic mass is 10.2. The zero-order valence-corrected chi connectivity index (χ0v) is 11.0. The van der Waals surface area contributed by atoms with E-state index in [1.807, 2.05) is 31.6 Å². The zero-order chi connectivity index (χ0) is 12.4. The van der Waals surface area contributed by atoms with Crippen LogP contribution in [0.2, 0.25) is 5.02 Å². The Bertz CT molecular complexity index is 516. The van der Waals surface area contributed by atoms with Crippen molar-refractivity contribution < 1.29 is 4.42 Å². The highest BCUT2D eigenvalue weighted by Gasteiger charge is 2.12. The number of hydrogen-bond donors (Lipinski definition) is 1. The van der Waals surface area contributed by atoms with Crippen LogP contribution >= 0.6 is 11.6 Å². The molecule has 2 aromatic rings. The van der Waals surface area contributed by atoms with E-state index in [0.29, 0.717) is 6.54 Å². The second-order valence-electron chi connectivity index (χ2n) is 4.04. The molecular formula is C12H16ClN3O. The highest BCUT2D eigenvalue weighted by Crippen LogP contribution is 2.21. The number of aromatic nitrogens is 2. The molecule has 2 rings (SSSR count). The Morgan fingerprint density at radius 3 is 2.82 bits per heavy atom. The van der Waals surface area contributed by atoms with Crippen LogP contribution in [0.15, 0.2) is 16.7 Å². The van der Waals surface area contributed by atoms with Gasteiger partial charge in [-0.3, -0.25) is 4.68 Å². The van der Waals surface area contributed by atoms with Crippen LogP contribution in [0, 0.1) is 13.8 Å². The minimum Gasteiger partial charge on any atom is -0.467 e. The van der Waals surface area contributed by atoms with Crippen LogP contribution in [-0.2, 0) is 13.1 Å². The summed E-state index contributed by atoms with van der Waals surface area (Å²) in [4.78, 5) is 0. The van der Waals surface area contributed by atoms with Crippen LogP contribution in [-0.4, -0.2) is 16.8 Å². The van der Waals surface area contributed by atoms with Gasteiger partial charge in [-0.25, -0.2) is 0 Å². The van der Waals surface area contributed by atoms with Gasteiger partial charge in [0.1, 0.15) is 5.76 Å². The van der Waals surface area contributed by atoms with E-state index < -0.39 is 0 Å². The van der Waals surface area contributed by atoms with Crippen molar-refractivity contribution in [1.82, 2.24) is 15.1 Å². The molecule has 2 aromatic heterocycles. The molecule has 0 saturated carbocycles. The van der Waals surface area contributed by atoms with E-state index in [0.717, 1.165) is 34.3 Å². The van der Waals surface area contributed by atoms with Crippen molar-refractivity contribution in [3.8, 4) is 0 Å². The van der Waals surface area contributed by atoms with Crippen molar-refractivity contribution in [2.45, 2.75) is 26.9 Å². The molecule has 0 amide bonds. The van der Waals surface area contributed by atoms with Crippen molar-refractivity contribution >= 4 is 11.6 Å². The van der Waals surface area contributed by atoms with E-state index in [1.54, 1.807) is 6.26 Å². The molecule has 0 aliphatic heterocycles. The predicted molar refractivity (Wildman–Crippen MR) is 67.3 cm³/mol. The molecule has 92 valence electrons. The largest absolute Gasteiger partial charge is 0.467 e. The van der Waals surface area contributed by atoms with Crippen molar-refractivity contribution in [2.75, 3.05) is 7.05 Å². The van der Waals surface area contributed by atoms with Gasteiger partial charge in [-0.1, -0.05) is 11.6 Å². The maximum Gasteiger partial charge on any atom is 0.129 e. The van der Waals surface area contributed by atoms with Gasteiger partial charge in [0.25, 0.3) is 0 Å². The number of hydrogen-bond acceptors (Lipinski definition) is 3. The van der Waals surface area contributed by atoms with Gasteiger partial charge in [-0.05, 0) is 27.0 Å². The molecule has 17 heavy (non-hydrogen) atoms. The first-order valence-electron chi connectivity index (χ1n) is 5.52. The first-order chi connectivity index (χ1) is 8.13. The number of aryl methyl sites for hydroxylation is 1. The average molecular weight is 254 g/mol. The predicted octanol–water partition coefficient (Wildman–Crippen LogP) is 2.51. The molecule has 2 heterocycles. The SMILES string of the molecule is CNCc1ccoc1Cn1nc(C)c(Cl)c1C. The molecule has 0 aromatic carbocycles. The van der Waals surface area contributed by atoms with Crippen LogP contribution in [0.1, 0.15) is 22.7 Å². The number of nitrogens with zero attached hydrogens (tertiary/aromatic N) is 2. The maximum atomic E-state index is 6.11. The van der Waals surface area contributed by atoms with Gasteiger partial charge in [-0.2, -0.15) is 5.10 Å². The molecule has 0 atom stereocenters. The zero-order valence-electron chi connectivity index (χ0n) is 10.2. The summed E-state index contributed by atoms with van der Waals surface area (Å²) in [6.07, 6.45) is 1.70. The molecule has 0 aliphatic rings. The second kappa shape index (κ2) is 4.94. The Labute approximate surface area is 106 Å². The summed E-state index contributed by atoms with van der Waals surface area (Å²) in [6, 6.07) is 1.97. The molecular weight excluding hydrogens is 238 g/mol. The smallest absolute Gasteiger partial charge is 0.129 e. The Hall–Kier alpha value is -1.26. The van der Waals surface area contributed by atoms with Gasteiger partial charge in [0.15, 0.2) is 0 Å². The summed E-state index contributed by atoms with van der Waals surface area (Å²) in [5.74, 6) is 0.918. The molecule has 5 heteroatoms. The average Bonchev–Trinajstić information content (AvgIpc) is 2.82. The third-order valence-electron chi connectivity index (χ3n) is 2.79. The van der Waals surface area contributed by atoms with Gasteiger partial charge in [-0.15, -0.1) is 0 Å². The van der Waals surface area contributed by atoms with Gasteiger partial charge in [0, 0.05) is 12.1 Å². The van der Waals surface area contributed by atoms with E-state index >= 15 is 0 Å². The van der Waals surface area contributed by atoms with Crippen LogP contribution in [0.4, 0.5) is 0 Å². The lowest BCUT2D eigenvalue weighted by molar-refractivity contribution is 0.469. The first-order valence-corrected chi connectivity index (χ1v) is 5.90. The molecule has 0 aliphatic carbocycles. The number of rotatable bonds is 4. The summed E-state index contributed by atoms with van der Waals surface area (Å²) >= 11 is 6.11. The summed E-state index contributed by atoms with van der Waals surface area (Å²) in [6.45, 7) is 5.27. The topological polar surface area (TPSA) is 43.0 Å². The summed E-state index contributed by atoms with van der Waals surface area (Å²) in [7, 11) is 1.91. The number of furan rings is 1. The quantitative estimate of drug-likeness (QED) is 0.911. The van der Waals surface area contributed by atoms with Gasteiger partial charge in [0.2, 0.25) is 0 Å². The fourth-order valence-corrected chi connectivity index (χ4v) is 1.95. The van der Waals surface area contributed by atoms with Crippen LogP contribution in [0.3, 0.4) is 0 Å². The van der Waals surface area contributed by atoms with Crippen molar-refractivity contribution in [2.24, 2.45) is 0 Å². The highest BCUT2D eigenvalue weighted by molar-refractivity contribution is 6.31. The lowest BCUT2D eigenvalue weighted by Gasteiger charge is -2.04. The Morgan fingerprint density at radius 1 is 1.47 bits per heavy atom. The standard InChI is InChI=1S/C12H16ClN3O/c1-8-12(13)9(2)16(15-8)7-11-10(6-14-3)4-5-17-11/h4-5,14H,6-7H2,1-3H3. The first kappa shape index (κ1) is 12.2. The fraction of sp³-hybridized carbons (Fsp3) is 0.417. The summed E-state index contributed by atoms with van der Waals surface area (Å²) < 4.78 is 7.35. The molecule has 0 radical (unpaired) electrons. The van der Waals surface area contributed by atoms with E-state index in [9.17, 15) is 0 Å². The Balaban J connectivity index is 2.25. The van der Waals surface area contributed by atoms with Crippen LogP contribution < -0.4 is 5.32 Å². The molecule has 1 N–H and O–H groups in total. The molecule has 0 saturated heterocycles. The molecule has 4 nitrogen and oxygen atoms in total. The Morgan fingerprint density at radius 2 is 2.24 bits per heavy atom. The van der Waals surface area contributed by atoms with Crippen molar-refractivity contribution in [1.29, 1.82) is 0 Å². The van der Waals surface area contributed by atoms with E-state index in [1.165, 1.54) is 0 Å². The van der Waals surface area contributed by atoms with E-state index in [2.05, 4.69) is 10.4 Å². The molecule has 0 bridgehead atoms. The van der Waals surface area contributed by atoms with Crippen molar-refractivity contribution in [3.05, 3.63) is 40.1 Å². The van der Waals surface area contributed by atoms with Gasteiger partial charge < -0.3 is 9.73 Å². The molecule has 0 spiro atoms. The number of nitrogens with one attached hydrogen (secondary N) is 1. The normalized spacial score (nSPS) is 11.1. The third kappa shape index (κ3) is 2.37. The van der Waals surface area contributed by atoms with Gasteiger partial charge >= 0.3 is 0 Å². The van der Waals surface area contributed by atoms with E-state index in [-0.39, 0.29) is 0 Å². The second-order valence-corrected chi connectivity index (χ2v) is 4.42. The number of halogens is 1. The lowest BCUT2D eigenvalue weighted by Crippen LogP contribution is -2.09. The van der Waals surface area contributed by atoms with Crippen LogP contribution in [0.25, 0.3) is 0 Å². The minimum absolute atomic E-state index is 0.614. The van der Waals surface area contributed by atoms with E-state index in [4.69, 9.17) is 16.0 Å². The summed E-state index contributed by atoms with van der Waals surface area (Å²) in [5.41, 5.74) is 2.97. The molecule has 0 fully saturated rings. The third-order valence-corrected chi connectivity index (χ3v) is 3.34. The van der Waals surface area contributed by atoms with Crippen molar-refractivity contribution in [3.63, 3.8) is 0 Å². The minimum atomic E-state index is 0.614. The molecule has 0 unspecified atom stereocenters. The van der Waals surface area contributed by atoms with Gasteiger partial charge in [0.05, 0.1) is 29.2 Å². The van der Waals surface area contributed by atoms with Crippen LogP contribution in [0.5, 0.6) is 0 Å². The Kier molecular flexibility index (Phi) is 3.54. The highest BCUT2D eigenvalue weighted by atomic mass is 35.5. The summed E-state index contributed by atoms with van der Waals surface area (Å²) in [5, 5.41) is 8.23. The fourth-order valence-electron chi connectivity index (χ4n) is 1.82. The monoisotopic (exact) mass is 253 g/mol. The maximum absolute atomic E-state index is 6.11.